The van der Waals surface area contributed by atoms with Crippen molar-refractivity contribution in [1.29, 1.82) is 0 Å². The van der Waals surface area contributed by atoms with Crippen LogP contribution in [0.4, 0.5) is 9.52 Å². The fraction of sp³-hybridized carbons (Fsp3) is 0.130. The van der Waals surface area contributed by atoms with Gasteiger partial charge in [0.05, 0.1) is 11.4 Å². The highest BCUT2D eigenvalue weighted by molar-refractivity contribution is 7.14. The summed E-state index contributed by atoms with van der Waals surface area (Å²) in [6.07, 6.45) is 3.39. The molecule has 4 heterocycles. The first-order valence-corrected chi connectivity index (χ1v) is 10.8. The molecule has 5 rings (SSSR count). The standard InChI is InChI=1S/C23H19FN6OS/c1-13-11-18(15(3)30(13)17-7-5-16(24)6-8-17)19-12-32-23(26-19)27-22(31)20-14(2)28-29-10-4-9-25-21(20)29/h4-12H,1-3H3,(H,26,27,31). The van der Waals surface area contributed by atoms with Crippen LogP contribution in [0.25, 0.3) is 22.6 Å². The van der Waals surface area contributed by atoms with E-state index in [9.17, 15) is 9.18 Å². The van der Waals surface area contributed by atoms with Crippen molar-refractivity contribution in [2.45, 2.75) is 20.8 Å². The maximum absolute atomic E-state index is 13.3. The van der Waals surface area contributed by atoms with E-state index < -0.39 is 0 Å². The van der Waals surface area contributed by atoms with Gasteiger partial charge >= 0.3 is 0 Å². The Morgan fingerprint density at radius 2 is 1.94 bits per heavy atom. The first-order valence-electron chi connectivity index (χ1n) is 9.94. The number of amides is 1. The average Bonchev–Trinajstić information content (AvgIpc) is 3.44. The molecule has 0 bridgehead atoms. The van der Waals surface area contributed by atoms with Crippen molar-refractivity contribution in [2.75, 3.05) is 5.32 Å². The monoisotopic (exact) mass is 446 g/mol. The molecule has 1 N–H and O–H groups in total. The minimum Gasteiger partial charge on any atom is -0.318 e. The molecule has 0 saturated carbocycles. The van der Waals surface area contributed by atoms with Gasteiger partial charge in [-0.3, -0.25) is 10.1 Å². The number of rotatable bonds is 4. The van der Waals surface area contributed by atoms with E-state index in [1.807, 2.05) is 25.3 Å². The molecule has 4 aromatic heterocycles. The number of halogens is 1. The summed E-state index contributed by atoms with van der Waals surface area (Å²) in [5.41, 5.74) is 6.13. The highest BCUT2D eigenvalue weighted by Gasteiger charge is 2.20. The Labute approximate surface area is 187 Å². The number of aromatic nitrogens is 5. The van der Waals surface area contributed by atoms with Crippen molar-refractivity contribution < 1.29 is 9.18 Å². The summed E-state index contributed by atoms with van der Waals surface area (Å²) >= 11 is 1.35. The summed E-state index contributed by atoms with van der Waals surface area (Å²) in [7, 11) is 0. The number of thiazole rings is 1. The lowest BCUT2D eigenvalue weighted by Gasteiger charge is -2.09. The first kappa shape index (κ1) is 20.1. The highest BCUT2D eigenvalue weighted by atomic mass is 32.1. The fourth-order valence-corrected chi connectivity index (χ4v) is 4.59. The number of anilines is 1. The van der Waals surface area contributed by atoms with Crippen LogP contribution < -0.4 is 5.32 Å². The third-order valence-electron chi connectivity index (χ3n) is 5.31. The smallest absolute Gasteiger partial charge is 0.263 e. The van der Waals surface area contributed by atoms with Gasteiger partial charge in [0, 0.05) is 40.4 Å². The van der Waals surface area contributed by atoms with Crippen molar-refractivity contribution in [1.82, 2.24) is 24.1 Å². The number of benzene rings is 1. The molecular weight excluding hydrogens is 427 g/mol. The molecule has 0 saturated heterocycles. The van der Waals surface area contributed by atoms with Gasteiger partial charge in [-0.2, -0.15) is 5.10 Å². The highest BCUT2D eigenvalue weighted by Crippen LogP contribution is 2.32. The number of hydrogen-bond acceptors (Lipinski definition) is 5. The minimum absolute atomic E-state index is 0.270. The van der Waals surface area contributed by atoms with Crippen LogP contribution in [0.3, 0.4) is 0 Å². The quantitative estimate of drug-likeness (QED) is 0.423. The number of fused-ring (bicyclic) bond motifs is 1. The number of hydrogen-bond donors (Lipinski definition) is 1. The molecule has 0 radical (unpaired) electrons. The zero-order valence-corrected chi connectivity index (χ0v) is 18.4. The molecule has 1 aromatic carbocycles. The summed E-state index contributed by atoms with van der Waals surface area (Å²) in [5.74, 6) is -0.568. The van der Waals surface area contributed by atoms with E-state index in [0.29, 0.717) is 22.0 Å². The second-order valence-electron chi connectivity index (χ2n) is 7.44. The summed E-state index contributed by atoms with van der Waals surface area (Å²) in [6, 6.07) is 10.2. The predicted molar refractivity (Wildman–Crippen MR) is 122 cm³/mol. The largest absolute Gasteiger partial charge is 0.318 e. The van der Waals surface area contributed by atoms with Crippen LogP contribution in [0, 0.1) is 26.6 Å². The van der Waals surface area contributed by atoms with Crippen LogP contribution in [-0.4, -0.2) is 30.1 Å². The second kappa shape index (κ2) is 7.69. The number of nitrogens with zero attached hydrogens (tertiary/aromatic N) is 5. The van der Waals surface area contributed by atoms with E-state index in [1.54, 1.807) is 42.0 Å². The SMILES string of the molecule is Cc1nn2cccnc2c1C(=O)Nc1nc(-c2cc(C)n(-c3ccc(F)cc3)c2C)cs1. The Morgan fingerprint density at radius 3 is 2.72 bits per heavy atom. The molecule has 0 unspecified atom stereocenters. The molecule has 7 nitrogen and oxygen atoms in total. The number of nitrogens with one attached hydrogen (secondary N) is 1. The molecule has 32 heavy (non-hydrogen) atoms. The Hall–Kier alpha value is -3.85. The maximum Gasteiger partial charge on any atom is 0.263 e. The summed E-state index contributed by atoms with van der Waals surface area (Å²) in [6.45, 7) is 5.77. The molecule has 5 aromatic rings. The van der Waals surface area contributed by atoms with E-state index in [-0.39, 0.29) is 11.7 Å². The minimum atomic E-state index is -0.297. The van der Waals surface area contributed by atoms with Gasteiger partial charge in [0.25, 0.3) is 5.91 Å². The van der Waals surface area contributed by atoms with Gasteiger partial charge in [-0.05, 0) is 57.2 Å². The summed E-state index contributed by atoms with van der Waals surface area (Å²) < 4.78 is 17.0. The van der Waals surface area contributed by atoms with Crippen LogP contribution in [0.15, 0.2) is 54.2 Å². The molecule has 0 atom stereocenters. The Balaban J connectivity index is 1.44. The zero-order chi connectivity index (χ0) is 22.4. The lowest BCUT2D eigenvalue weighted by atomic mass is 10.2. The first-order chi connectivity index (χ1) is 15.4. The van der Waals surface area contributed by atoms with Gasteiger partial charge in [0.2, 0.25) is 0 Å². The van der Waals surface area contributed by atoms with Gasteiger partial charge in [0.15, 0.2) is 10.8 Å². The predicted octanol–water partition coefficient (Wildman–Crippen LogP) is 4.96. The van der Waals surface area contributed by atoms with Crippen molar-refractivity contribution in [2.24, 2.45) is 0 Å². The maximum atomic E-state index is 13.3. The molecule has 0 aliphatic carbocycles. The lowest BCUT2D eigenvalue weighted by molar-refractivity contribution is 0.102. The summed E-state index contributed by atoms with van der Waals surface area (Å²) in [4.78, 5) is 21.8. The summed E-state index contributed by atoms with van der Waals surface area (Å²) in [5, 5.41) is 9.61. The van der Waals surface area contributed by atoms with Crippen molar-refractivity contribution >= 4 is 28.0 Å². The Morgan fingerprint density at radius 1 is 1.16 bits per heavy atom. The number of aryl methyl sites for hydroxylation is 2. The molecule has 9 heteroatoms. The topological polar surface area (TPSA) is 77.1 Å². The molecule has 0 aliphatic rings. The van der Waals surface area contributed by atoms with Crippen LogP contribution in [0.1, 0.15) is 27.4 Å². The van der Waals surface area contributed by atoms with E-state index in [0.717, 1.165) is 28.3 Å². The van der Waals surface area contributed by atoms with E-state index in [1.165, 1.54) is 23.5 Å². The van der Waals surface area contributed by atoms with Gasteiger partial charge in [0.1, 0.15) is 11.4 Å². The molecule has 160 valence electrons. The fourth-order valence-electron chi connectivity index (χ4n) is 3.89. The zero-order valence-electron chi connectivity index (χ0n) is 17.6. The van der Waals surface area contributed by atoms with Gasteiger partial charge < -0.3 is 4.57 Å². The van der Waals surface area contributed by atoms with Crippen molar-refractivity contribution in [3.63, 3.8) is 0 Å². The molecule has 1 amide bonds. The van der Waals surface area contributed by atoms with E-state index in [2.05, 4.69) is 25.0 Å². The van der Waals surface area contributed by atoms with Crippen LogP contribution in [-0.2, 0) is 0 Å². The second-order valence-corrected chi connectivity index (χ2v) is 8.30. The van der Waals surface area contributed by atoms with Gasteiger partial charge in [-0.15, -0.1) is 11.3 Å². The number of carbonyl (C=O) groups excluding carboxylic acids is 1. The van der Waals surface area contributed by atoms with E-state index >= 15 is 0 Å². The van der Waals surface area contributed by atoms with Crippen molar-refractivity contribution in [3.8, 4) is 16.9 Å². The molecule has 0 spiro atoms. The third-order valence-corrected chi connectivity index (χ3v) is 6.07. The Bertz CT molecular complexity index is 1460. The van der Waals surface area contributed by atoms with Crippen LogP contribution in [0.5, 0.6) is 0 Å². The van der Waals surface area contributed by atoms with Crippen molar-refractivity contribution in [3.05, 3.63) is 82.6 Å². The lowest BCUT2D eigenvalue weighted by Crippen LogP contribution is -2.13. The van der Waals surface area contributed by atoms with E-state index in [4.69, 9.17) is 0 Å². The van der Waals surface area contributed by atoms with Gasteiger partial charge in [-0.1, -0.05) is 0 Å². The molecular formula is C23H19FN6OS. The molecule has 0 fully saturated rings. The molecule has 0 aliphatic heterocycles. The Kier molecular flexibility index (Phi) is 4.82. The van der Waals surface area contributed by atoms with Crippen LogP contribution in [0.2, 0.25) is 0 Å². The van der Waals surface area contributed by atoms with Gasteiger partial charge in [-0.25, -0.2) is 18.9 Å². The average molecular weight is 447 g/mol. The van der Waals surface area contributed by atoms with Crippen LogP contribution >= 0.6 is 11.3 Å². The number of carbonyl (C=O) groups is 1. The third kappa shape index (κ3) is 3.36. The normalized spacial score (nSPS) is 11.2.